The van der Waals surface area contributed by atoms with Gasteiger partial charge in [0.25, 0.3) is 0 Å². The van der Waals surface area contributed by atoms with Crippen molar-refractivity contribution in [1.29, 1.82) is 0 Å². The topological polar surface area (TPSA) is 70.7 Å². The van der Waals surface area contributed by atoms with E-state index in [9.17, 15) is 8.42 Å². The molecule has 2 N–H and O–H groups in total. The molecule has 0 aromatic rings. The molecule has 20 heavy (non-hydrogen) atoms. The van der Waals surface area contributed by atoms with E-state index in [0.29, 0.717) is 25.6 Å². The lowest BCUT2D eigenvalue weighted by Gasteiger charge is -2.26. The molecule has 0 bridgehead atoms. The van der Waals surface area contributed by atoms with Gasteiger partial charge in [-0.1, -0.05) is 13.8 Å². The van der Waals surface area contributed by atoms with Gasteiger partial charge in [0, 0.05) is 52.5 Å². The van der Waals surface area contributed by atoms with Crippen molar-refractivity contribution in [2.24, 2.45) is 5.92 Å². The van der Waals surface area contributed by atoms with Gasteiger partial charge in [0.2, 0.25) is 10.0 Å². The third-order valence-electron chi connectivity index (χ3n) is 3.12. The monoisotopic (exact) mass is 307 g/mol. The molecule has 1 aliphatic heterocycles. The van der Waals surface area contributed by atoms with Crippen molar-refractivity contribution >= 4 is 10.0 Å². The first kappa shape index (κ1) is 17.8. The molecule has 0 unspecified atom stereocenters. The molecule has 1 fully saturated rings. The Kier molecular flexibility index (Phi) is 8.63. The maximum absolute atomic E-state index is 11.8. The quantitative estimate of drug-likeness (QED) is 0.550. The minimum Gasteiger partial charge on any atom is -0.381 e. The molecule has 7 heteroatoms. The normalized spacial score (nSPS) is 17.8. The molecule has 1 aliphatic rings. The third-order valence-corrected chi connectivity index (χ3v) is 4.49. The van der Waals surface area contributed by atoms with Crippen molar-refractivity contribution in [3.63, 3.8) is 0 Å². The molecule has 0 aromatic heterocycles. The summed E-state index contributed by atoms with van der Waals surface area (Å²) in [5.41, 5.74) is 0. The van der Waals surface area contributed by atoms with Crippen LogP contribution in [0.2, 0.25) is 0 Å². The number of ether oxygens (including phenoxy) is 1. The van der Waals surface area contributed by atoms with E-state index in [2.05, 4.69) is 28.8 Å². The summed E-state index contributed by atoms with van der Waals surface area (Å²) in [6.07, 6.45) is 0.722. The predicted molar refractivity (Wildman–Crippen MR) is 81.4 cm³/mol. The van der Waals surface area contributed by atoms with Crippen LogP contribution in [0.15, 0.2) is 0 Å². The van der Waals surface area contributed by atoms with Crippen LogP contribution in [0.5, 0.6) is 0 Å². The van der Waals surface area contributed by atoms with E-state index in [1.807, 2.05) is 0 Å². The molecular formula is C13H29N3O3S. The molecule has 0 amide bonds. The van der Waals surface area contributed by atoms with Gasteiger partial charge < -0.3 is 10.1 Å². The van der Waals surface area contributed by atoms with Gasteiger partial charge in [-0.25, -0.2) is 13.1 Å². The number of hydrogen-bond donors (Lipinski definition) is 2. The first-order valence-electron chi connectivity index (χ1n) is 7.48. The van der Waals surface area contributed by atoms with Crippen LogP contribution < -0.4 is 10.0 Å². The summed E-state index contributed by atoms with van der Waals surface area (Å²) in [6, 6.07) is 0. The fraction of sp³-hybridized carbons (Fsp3) is 1.00. The molecule has 0 aromatic carbocycles. The van der Waals surface area contributed by atoms with E-state index in [1.165, 1.54) is 0 Å². The van der Waals surface area contributed by atoms with E-state index < -0.39 is 10.0 Å². The maximum Gasteiger partial charge on any atom is 0.212 e. The zero-order chi connectivity index (χ0) is 14.8. The summed E-state index contributed by atoms with van der Waals surface area (Å²) in [4.78, 5) is 2.18. The van der Waals surface area contributed by atoms with Crippen molar-refractivity contribution < 1.29 is 13.2 Å². The van der Waals surface area contributed by atoms with Gasteiger partial charge in [0.15, 0.2) is 0 Å². The van der Waals surface area contributed by atoms with Crippen LogP contribution in [-0.2, 0) is 14.8 Å². The second kappa shape index (κ2) is 9.68. The predicted octanol–water partition coefficient (Wildman–Crippen LogP) is -0.126. The fourth-order valence-electron chi connectivity index (χ4n) is 1.98. The Morgan fingerprint density at radius 2 is 2.00 bits per heavy atom. The summed E-state index contributed by atoms with van der Waals surface area (Å²) in [6.45, 7) is 10.4. The number of nitrogens with zero attached hydrogens (tertiary/aromatic N) is 1. The lowest BCUT2D eigenvalue weighted by atomic mass is 10.2. The molecule has 0 spiro atoms. The maximum atomic E-state index is 11.8. The molecule has 0 saturated carbocycles. The average molecular weight is 307 g/mol. The van der Waals surface area contributed by atoms with Gasteiger partial charge in [-0.2, -0.15) is 0 Å². The van der Waals surface area contributed by atoms with E-state index in [1.54, 1.807) is 0 Å². The van der Waals surface area contributed by atoms with Crippen LogP contribution in [0.3, 0.4) is 0 Å². The zero-order valence-corrected chi connectivity index (χ0v) is 13.5. The lowest BCUT2D eigenvalue weighted by molar-refractivity contribution is 0.108. The Hall–Kier alpha value is -0.210. The summed E-state index contributed by atoms with van der Waals surface area (Å²) < 4.78 is 31.7. The molecule has 1 heterocycles. The first-order valence-corrected chi connectivity index (χ1v) is 9.13. The van der Waals surface area contributed by atoms with Crippen LogP contribution in [0.25, 0.3) is 0 Å². The molecule has 0 atom stereocenters. The van der Waals surface area contributed by atoms with Crippen molar-refractivity contribution in [2.75, 3.05) is 58.2 Å². The Bertz CT molecular complexity index is 341. The minimum absolute atomic E-state index is 0.180. The first-order chi connectivity index (χ1) is 9.49. The van der Waals surface area contributed by atoms with E-state index in [4.69, 9.17) is 4.74 Å². The molecule has 1 saturated heterocycles. The highest BCUT2D eigenvalue weighted by molar-refractivity contribution is 7.89. The summed E-state index contributed by atoms with van der Waals surface area (Å²) in [7, 11) is -3.15. The Labute approximate surface area is 123 Å². The van der Waals surface area contributed by atoms with Gasteiger partial charge in [0.05, 0.1) is 5.75 Å². The second-order valence-electron chi connectivity index (χ2n) is 5.63. The van der Waals surface area contributed by atoms with E-state index >= 15 is 0 Å². The SMILES string of the molecule is CC(C)COCCCNS(=O)(=O)CCN1CCNCC1. The number of hydrogen-bond acceptors (Lipinski definition) is 5. The Morgan fingerprint density at radius 1 is 1.30 bits per heavy atom. The molecule has 120 valence electrons. The van der Waals surface area contributed by atoms with Crippen LogP contribution in [-0.4, -0.2) is 71.6 Å². The van der Waals surface area contributed by atoms with Gasteiger partial charge in [0.1, 0.15) is 0 Å². The van der Waals surface area contributed by atoms with E-state index in [0.717, 1.165) is 39.2 Å². The van der Waals surface area contributed by atoms with Crippen LogP contribution in [0.4, 0.5) is 0 Å². The molecule has 1 rings (SSSR count). The van der Waals surface area contributed by atoms with Crippen LogP contribution >= 0.6 is 0 Å². The summed E-state index contributed by atoms with van der Waals surface area (Å²) in [5, 5.41) is 3.25. The van der Waals surface area contributed by atoms with Crippen molar-refractivity contribution in [2.45, 2.75) is 20.3 Å². The molecule has 6 nitrogen and oxygen atoms in total. The highest BCUT2D eigenvalue weighted by Gasteiger charge is 2.14. The van der Waals surface area contributed by atoms with Crippen molar-refractivity contribution in [3.8, 4) is 0 Å². The van der Waals surface area contributed by atoms with Crippen LogP contribution in [0, 0.1) is 5.92 Å². The van der Waals surface area contributed by atoms with Crippen molar-refractivity contribution in [1.82, 2.24) is 14.9 Å². The van der Waals surface area contributed by atoms with Gasteiger partial charge in [-0.05, 0) is 12.3 Å². The Morgan fingerprint density at radius 3 is 2.65 bits per heavy atom. The molecule has 0 aliphatic carbocycles. The number of sulfonamides is 1. The minimum atomic E-state index is -3.15. The standard InChI is InChI=1S/C13H29N3O3S/c1-13(2)12-19-10-3-4-15-20(17,18)11-9-16-7-5-14-6-8-16/h13-15H,3-12H2,1-2H3. The molecular weight excluding hydrogens is 278 g/mol. The number of piperazine rings is 1. The second-order valence-corrected chi connectivity index (χ2v) is 7.55. The Balaban J connectivity index is 2.05. The fourth-order valence-corrected chi connectivity index (χ4v) is 3.08. The number of nitrogens with one attached hydrogen (secondary N) is 2. The summed E-state index contributed by atoms with van der Waals surface area (Å²) >= 11 is 0. The summed E-state index contributed by atoms with van der Waals surface area (Å²) in [5.74, 6) is 0.700. The van der Waals surface area contributed by atoms with Gasteiger partial charge >= 0.3 is 0 Å². The smallest absolute Gasteiger partial charge is 0.212 e. The van der Waals surface area contributed by atoms with Crippen molar-refractivity contribution in [3.05, 3.63) is 0 Å². The third kappa shape index (κ3) is 8.86. The highest BCUT2D eigenvalue weighted by atomic mass is 32.2. The largest absolute Gasteiger partial charge is 0.381 e. The zero-order valence-electron chi connectivity index (χ0n) is 12.7. The van der Waals surface area contributed by atoms with Crippen LogP contribution in [0.1, 0.15) is 20.3 Å². The lowest BCUT2D eigenvalue weighted by Crippen LogP contribution is -2.46. The average Bonchev–Trinajstić information content (AvgIpc) is 2.41. The van der Waals surface area contributed by atoms with Gasteiger partial charge in [-0.3, -0.25) is 4.90 Å². The van der Waals surface area contributed by atoms with Gasteiger partial charge in [-0.15, -0.1) is 0 Å². The molecule has 0 radical (unpaired) electrons. The highest BCUT2D eigenvalue weighted by Crippen LogP contribution is 1.96. The number of rotatable bonds is 10. The van der Waals surface area contributed by atoms with E-state index in [-0.39, 0.29) is 5.75 Å².